The lowest BCUT2D eigenvalue weighted by molar-refractivity contribution is 0.359. The zero-order chi connectivity index (χ0) is 16.9. The maximum Gasteiger partial charge on any atom is 0.211 e. The van der Waals surface area contributed by atoms with Crippen molar-refractivity contribution in [1.82, 2.24) is 19.4 Å². The molecule has 7 nitrogen and oxygen atoms in total. The van der Waals surface area contributed by atoms with Crippen molar-refractivity contribution in [2.24, 2.45) is 5.73 Å². The molecule has 124 valence electrons. The number of rotatable bonds is 3. The number of aromatic nitrogens is 4. The van der Waals surface area contributed by atoms with Crippen LogP contribution in [0, 0.1) is 0 Å². The molecule has 0 amide bonds. The first-order valence-electron chi connectivity index (χ1n) is 7.38. The van der Waals surface area contributed by atoms with Gasteiger partial charge in [0.2, 0.25) is 5.95 Å². The van der Waals surface area contributed by atoms with Gasteiger partial charge in [0.15, 0.2) is 5.65 Å². The van der Waals surface area contributed by atoms with Gasteiger partial charge in [0.25, 0.3) is 0 Å². The van der Waals surface area contributed by atoms with Crippen molar-refractivity contribution in [1.29, 1.82) is 0 Å². The summed E-state index contributed by atoms with van der Waals surface area (Å²) >= 11 is 7.70. The minimum Gasteiger partial charge on any atom is -0.382 e. The number of imidazole rings is 1. The molecule has 1 aliphatic rings. The largest absolute Gasteiger partial charge is 0.382 e. The first-order chi connectivity index (χ1) is 11.4. The highest BCUT2D eigenvalue weighted by Gasteiger charge is 2.36. The minimum absolute atomic E-state index is 0.163. The molecule has 4 heterocycles. The van der Waals surface area contributed by atoms with Crippen molar-refractivity contribution in [3.05, 3.63) is 35.9 Å². The number of anilines is 2. The number of halogens is 1. The number of fused-ring (bicyclic) bond motifs is 1. The van der Waals surface area contributed by atoms with Gasteiger partial charge in [-0.25, -0.2) is 15.0 Å². The van der Waals surface area contributed by atoms with Crippen molar-refractivity contribution in [3.8, 4) is 0 Å². The van der Waals surface area contributed by atoms with Crippen LogP contribution >= 0.6 is 23.4 Å². The van der Waals surface area contributed by atoms with Gasteiger partial charge in [-0.15, -0.1) is 0 Å². The Labute approximate surface area is 148 Å². The van der Waals surface area contributed by atoms with Gasteiger partial charge in [-0.3, -0.25) is 4.40 Å². The fourth-order valence-corrected chi connectivity index (χ4v) is 3.93. The van der Waals surface area contributed by atoms with Crippen LogP contribution in [0.25, 0.3) is 5.65 Å². The Morgan fingerprint density at radius 3 is 2.75 bits per heavy atom. The Kier molecular flexibility index (Phi) is 3.56. The predicted molar refractivity (Wildman–Crippen MR) is 95.6 cm³/mol. The van der Waals surface area contributed by atoms with E-state index in [1.807, 2.05) is 29.8 Å². The van der Waals surface area contributed by atoms with Crippen LogP contribution < -0.4 is 16.4 Å². The Hall–Kier alpha value is -2.03. The highest BCUT2D eigenvalue weighted by Crippen LogP contribution is 2.37. The monoisotopic (exact) mass is 361 g/mol. The molecule has 0 atom stereocenters. The number of nitrogens with two attached hydrogens (primary N) is 2. The molecule has 4 N–H and O–H groups in total. The summed E-state index contributed by atoms with van der Waals surface area (Å²) in [6.45, 7) is 3.58. The molecule has 0 aliphatic carbocycles. The van der Waals surface area contributed by atoms with E-state index in [0.717, 1.165) is 34.5 Å². The van der Waals surface area contributed by atoms with E-state index in [2.05, 4.69) is 19.9 Å². The van der Waals surface area contributed by atoms with Gasteiger partial charge in [-0.2, -0.15) is 0 Å². The molecule has 0 saturated carbocycles. The second-order valence-electron chi connectivity index (χ2n) is 6.16. The van der Waals surface area contributed by atoms with Crippen LogP contribution in [0.3, 0.4) is 0 Å². The smallest absolute Gasteiger partial charge is 0.211 e. The van der Waals surface area contributed by atoms with E-state index >= 15 is 0 Å². The molecule has 3 aromatic heterocycles. The van der Waals surface area contributed by atoms with Crippen LogP contribution in [0.5, 0.6) is 0 Å². The molecule has 0 aromatic carbocycles. The van der Waals surface area contributed by atoms with Gasteiger partial charge in [-0.05, 0) is 13.0 Å². The average molecular weight is 362 g/mol. The summed E-state index contributed by atoms with van der Waals surface area (Å²) in [6.07, 6.45) is 7.10. The summed E-state index contributed by atoms with van der Waals surface area (Å²) in [5.74, 6) is 1.16. The number of nitrogen functional groups attached to an aromatic ring is 1. The summed E-state index contributed by atoms with van der Waals surface area (Å²) in [6, 6.07) is 1.83. The number of nitrogens with zero attached hydrogens (tertiary/aromatic N) is 5. The van der Waals surface area contributed by atoms with Crippen molar-refractivity contribution in [2.75, 3.05) is 23.7 Å². The fraction of sp³-hybridized carbons (Fsp3) is 0.267. The van der Waals surface area contributed by atoms with Crippen LogP contribution in [0.2, 0.25) is 5.02 Å². The lowest BCUT2D eigenvalue weighted by Crippen LogP contribution is -2.66. The third-order valence-corrected chi connectivity index (χ3v) is 5.44. The number of hydrogen-bond donors (Lipinski definition) is 2. The molecule has 1 fully saturated rings. The zero-order valence-electron chi connectivity index (χ0n) is 13.0. The molecule has 24 heavy (non-hydrogen) atoms. The molecular formula is C15H16ClN7S. The molecule has 0 unspecified atom stereocenters. The summed E-state index contributed by atoms with van der Waals surface area (Å²) in [5.41, 5.74) is 12.5. The van der Waals surface area contributed by atoms with Crippen molar-refractivity contribution in [3.63, 3.8) is 0 Å². The van der Waals surface area contributed by atoms with Gasteiger partial charge >= 0.3 is 0 Å². The number of hydrogen-bond acceptors (Lipinski definition) is 7. The van der Waals surface area contributed by atoms with E-state index in [1.165, 1.54) is 11.8 Å². The SMILES string of the molecule is CC1(N)CN(c2ncc(Sc3ccnc(N)c3Cl)c3nccn23)C1. The van der Waals surface area contributed by atoms with Gasteiger partial charge in [-0.1, -0.05) is 23.4 Å². The first-order valence-corrected chi connectivity index (χ1v) is 8.58. The second kappa shape index (κ2) is 5.51. The molecular weight excluding hydrogens is 346 g/mol. The van der Waals surface area contributed by atoms with Crippen molar-refractivity contribution >= 4 is 40.8 Å². The standard InChI is InChI=1S/C15H16ClN7S/c1-15(18)7-22(8-15)14-21-6-10(13-20-4-5-23(13)14)24-9-2-3-19-12(17)11(9)16/h2-6H,7-8,18H2,1H3,(H2,17,19). The minimum atomic E-state index is -0.163. The zero-order valence-corrected chi connectivity index (χ0v) is 14.6. The Morgan fingerprint density at radius 2 is 2.00 bits per heavy atom. The first kappa shape index (κ1) is 15.5. The third kappa shape index (κ3) is 2.56. The predicted octanol–water partition coefficient (Wildman–Crippen LogP) is 2.05. The molecule has 9 heteroatoms. The third-order valence-electron chi connectivity index (χ3n) is 3.86. The summed E-state index contributed by atoms with van der Waals surface area (Å²) in [4.78, 5) is 16.9. The quantitative estimate of drug-likeness (QED) is 0.736. The van der Waals surface area contributed by atoms with E-state index < -0.39 is 0 Å². The number of pyridine rings is 1. The van der Waals surface area contributed by atoms with Gasteiger partial charge in [0.1, 0.15) is 5.82 Å². The average Bonchev–Trinajstić information content (AvgIpc) is 2.99. The van der Waals surface area contributed by atoms with E-state index in [-0.39, 0.29) is 5.54 Å². The Balaban J connectivity index is 1.71. The molecule has 1 aliphatic heterocycles. The lowest BCUT2D eigenvalue weighted by Gasteiger charge is -2.45. The maximum absolute atomic E-state index is 6.23. The van der Waals surface area contributed by atoms with Crippen molar-refractivity contribution in [2.45, 2.75) is 22.3 Å². The Bertz CT molecular complexity index is 915. The molecule has 1 saturated heterocycles. The van der Waals surface area contributed by atoms with Crippen LogP contribution in [-0.4, -0.2) is 38.0 Å². The Morgan fingerprint density at radius 1 is 1.21 bits per heavy atom. The van der Waals surface area contributed by atoms with E-state index in [9.17, 15) is 0 Å². The van der Waals surface area contributed by atoms with Crippen molar-refractivity contribution < 1.29 is 0 Å². The topological polar surface area (TPSA) is 98.4 Å². The normalized spacial score (nSPS) is 16.4. The lowest BCUT2D eigenvalue weighted by atomic mass is 9.94. The molecule has 0 bridgehead atoms. The van der Waals surface area contributed by atoms with E-state index in [0.29, 0.717) is 10.8 Å². The van der Waals surface area contributed by atoms with Gasteiger partial charge in [0.05, 0.1) is 9.92 Å². The highest BCUT2D eigenvalue weighted by molar-refractivity contribution is 7.99. The maximum atomic E-state index is 6.23. The van der Waals surface area contributed by atoms with Crippen LogP contribution in [0.1, 0.15) is 6.92 Å². The summed E-state index contributed by atoms with van der Waals surface area (Å²) < 4.78 is 1.97. The second-order valence-corrected chi connectivity index (χ2v) is 7.63. The molecule has 0 radical (unpaired) electrons. The van der Waals surface area contributed by atoms with Crippen LogP contribution in [0.4, 0.5) is 11.8 Å². The van der Waals surface area contributed by atoms with Crippen LogP contribution in [-0.2, 0) is 0 Å². The van der Waals surface area contributed by atoms with Gasteiger partial charge < -0.3 is 16.4 Å². The van der Waals surface area contributed by atoms with E-state index in [1.54, 1.807) is 12.4 Å². The fourth-order valence-electron chi connectivity index (χ4n) is 2.80. The van der Waals surface area contributed by atoms with Crippen LogP contribution in [0.15, 0.2) is 40.6 Å². The summed E-state index contributed by atoms with van der Waals surface area (Å²) in [5, 5.41) is 0.443. The van der Waals surface area contributed by atoms with Gasteiger partial charge in [0, 0.05) is 48.3 Å². The molecule has 4 rings (SSSR count). The molecule has 3 aromatic rings. The summed E-state index contributed by atoms with van der Waals surface area (Å²) in [7, 11) is 0. The molecule has 0 spiro atoms. The van der Waals surface area contributed by atoms with E-state index in [4.69, 9.17) is 23.1 Å². The highest BCUT2D eigenvalue weighted by atomic mass is 35.5.